The first-order valence-corrected chi connectivity index (χ1v) is 8.95. The van der Waals surface area contributed by atoms with Crippen molar-refractivity contribution in [2.45, 2.75) is 18.6 Å². The van der Waals surface area contributed by atoms with Crippen LogP contribution >= 0.6 is 0 Å². The number of nitrogens with one attached hydrogen (secondary N) is 1. The van der Waals surface area contributed by atoms with E-state index in [-0.39, 0.29) is 18.1 Å². The molecule has 2 fully saturated rings. The zero-order chi connectivity index (χ0) is 17.9. The van der Waals surface area contributed by atoms with Crippen molar-refractivity contribution in [3.8, 4) is 0 Å². The van der Waals surface area contributed by atoms with Crippen LogP contribution in [0.4, 0.5) is 11.6 Å². The maximum absolute atomic E-state index is 11.9. The van der Waals surface area contributed by atoms with Crippen molar-refractivity contribution >= 4 is 17.5 Å². The van der Waals surface area contributed by atoms with Gasteiger partial charge in [-0.2, -0.15) is 0 Å². The summed E-state index contributed by atoms with van der Waals surface area (Å²) in [5, 5.41) is 3.49. The number of piperazine rings is 1. The van der Waals surface area contributed by atoms with Gasteiger partial charge >= 0.3 is 0 Å². The number of hydrogen-bond acceptors (Lipinski definition) is 6. The fourth-order valence-electron chi connectivity index (χ4n) is 3.45. The molecule has 1 aromatic carbocycles. The average Bonchev–Trinajstić information content (AvgIpc) is 3.13. The molecular weight excluding hydrogens is 330 g/mol. The van der Waals surface area contributed by atoms with Crippen molar-refractivity contribution in [1.82, 2.24) is 14.9 Å². The van der Waals surface area contributed by atoms with Gasteiger partial charge in [-0.05, 0) is 12.0 Å². The number of hydrogen-bond donors (Lipinski definition) is 1. The van der Waals surface area contributed by atoms with E-state index in [1.54, 1.807) is 11.2 Å². The number of ether oxygens (including phenoxy) is 1. The van der Waals surface area contributed by atoms with E-state index >= 15 is 0 Å². The summed E-state index contributed by atoms with van der Waals surface area (Å²) in [5.74, 6) is 1.65. The molecular formula is C19H23N5O2. The van der Waals surface area contributed by atoms with Crippen molar-refractivity contribution in [3.05, 3.63) is 48.3 Å². The fraction of sp³-hybridized carbons (Fsp3) is 0.421. The van der Waals surface area contributed by atoms with Crippen molar-refractivity contribution in [2.75, 3.05) is 43.5 Å². The van der Waals surface area contributed by atoms with Gasteiger partial charge in [0.25, 0.3) is 0 Å². The van der Waals surface area contributed by atoms with Gasteiger partial charge in [-0.25, -0.2) is 9.97 Å². The molecule has 2 aromatic rings. The molecule has 7 nitrogen and oxygen atoms in total. The monoisotopic (exact) mass is 353 g/mol. The molecule has 2 unspecified atom stereocenters. The van der Waals surface area contributed by atoms with Crippen molar-refractivity contribution < 1.29 is 9.53 Å². The largest absolute Gasteiger partial charge is 0.371 e. The molecule has 0 radical (unpaired) electrons. The number of anilines is 2. The molecule has 3 heterocycles. The van der Waals surface area contributed by atoms with Gasteiger partial charge in [0.2, 0.25) is 5.91 Å². The smallest absolute Gasteiger partial charge is 0.241 e. The molecule has 4 rings (SSSR count). The van der Waals surface area contributed by atoms with E-state index in [1.807, 2.05) is 36.2 Å². The van der Waals surface area contributed by atoms with Crippen LogP contribution in [0.3, 0.4) is 0 Å². The number of amides is 1. The first-order valence-electron chi connectivity index (χ1n) is 8.95. The molecule has 1 aromatic heterocycles. The van der Waals surface area contributed by atoms with Gasteiger partial charge < -0.3 is 19.9 Å². The van der Waals surface area contributed by atoms with Crippen LogP contribution in [-0.2, 0) is 9.53 Å². The Hall–Kier alpha value is -2.67. The van der Waals surface area contributed by atoms with E-state index < -0.39 is 0 Å². The van der Waals surface area contributed by atoms with Crippen LogP contribution in [0.5, 0.6) is 0 Å². The maximum Gasteiger partial charge on any atom is 0.241 e. The number of carbonyl (C=O) groups is 1. The molecule has 0 spiro atoms. The molecule has 2 atom stereocenters. The van der Waals surface area contributed by atoms with Gasteiger partial charge in [0, 0.05) is 32.8 Å². The van der Waals surface area contributed by atoms with Gasteiger partial charge in [-0.3, -0.25) is 4.79 Å². The SMILES string of the molecule is CN1CCN(c2cc(NC3CCOC3c3ccccc3)ncn2)CC1=O. The highest BCUT2D eigenvalue weighted by Crippen LogP contribution is 2.31. The maximum atomic E-state index is 11.9. The number of carbonyl (C=O) groups excluding carboxylic acids is 1. The minimum atomic E-state index is 0.0137. The van der Waals surface area contributed by atoms with Crippen molar-refractivity contribution in [2.24, 2.45) is 0 Å². The predicted octanol–water partition coefficient (Wildman–Crippen LogP) is 1.70. The van der Waals surface area contributed by atoms with Crippen LogP contribution in [0.2, 0.25) is 0 Å². The first kappa shape index (κ1) is 16.8. The van der Waals surface area contributed by atoms with Crippen LogP contribution in [0.15, 0.2) is 42.7 Å². The lowest BCUT2D eigenvalue weighted by Gasteiger charge is -2.32. The zero-order valence-electron chi connectivity index (χ0n) is 14.8. The lowest BCUT2D eigenvalue weighted by atomic mass is 10.0. The number of benzene rings is 1. The Kier molecular flexibility index (Phi) is 4.71. The average molecular weight is 353 g/mol. The molecule has 136 valence electrons. The van der Waals surface area contributed by atoms with Gasteiger partial charge in [0.1, 0.15) is 24.1 Å². The third-order valence-corrected chi connectivity index (χ3v) is 4.99. The highest BCUT2D eigenvalue weighted by atomic mass is 16.5. The van der Waals surface area contributed by atoms with Crippen molar-refractivity contribution in [3.63, 3.8) is 0 Å². The van der Waals surface area contributed by atoms with Crippen molar-refractivity contribution in [1.29, 1.82) is 0 Å². The Labute approximate surface area is 153 Å². The standard InChI is InChI=1S/C19H23N5O2/c1-23-8-9-24(12-18(23)25)17-11-16(20-13-21-17)22-15-7-10-26-19(15)14-5-3-2-4-6-14/h2-6,11,13,15,19H,7-10,12H2,1H3,(H,20,21,22). The van der Waals surface area contributed by atoms with Gasteiger partial charge in [0.15, 0.2) is 0 Å². The van der Waals surface area contributed by atoms with E-state index in [0.29, 0.717) is 13.1 Å². The van der Waals surface area contributed by atoms with Crippen LogP contribution in [0.1, 0.15) is 18.1 Å². The quantitative estimate of drug-likeness (QED) is 0.902. The van der Waals surface area contributed by atoms with Crippen LogP contribution in [0.25, 0.3) is 0 Å². The minimum Gasteiger partial charge on any atom is -0.371 e. The van der Waals surface area contributed by atoms with Crippen LogP contribution in [0, 0.1) is 0 Å². The summed E-state index contributed by atoms with van der Waals surface area (Å²) in [4.78, 5) is 24.4. The summed E-state index contributed by atoms with van der Waals surface area (Å²) in [6, 6.07) is 12.3. The first-order chi connectivity index (χ1) is 12.7. The fourth-order valence-corrected chi connectivity index (χ4v) is 3.45. The number of likely N-dealkylation sites (N-methyl/N-ethyl adjacent to an activating group) is 1. The Balaban J connectivity index is 1.48. The predicted molar refractivity (Wildman–Crippen MR) is 99.0 cm³/mol. The Morgan fingerprint density at radius 2 is 2.04 bits per heavy atom. The summed E-state index contributed by atoms with van der Waals surface area (Å²) in [7, 11) is 1.83. The highest BCUT2D eigenvalue weighted by Gasteiger charge is 2.30. The third kappa shape index (κ3) is 3.48. The molecule has 1 amide bonds. The van der Waals surface area contributed by atoms with E-state index in [2.05, 4.69) is 27.4 Å². The molecule has 7 heteroatoms. The molecule has 26 heavy (non-hydrogen) atoms. The normalized spacial score (nSPS) is 23.3. The third-order valence-electron chi connectivity index (χ3n) is 4.99. The molecule has 0 saturated carbocycles. The Morgan fingerprint density at radius 1 is 1.19 bits per heavy atom. The van der Waals surface area contributed by atoms with Crippen LogP contribution in [-0.4, -0.2) is 60.1 Å². The van der Waals surface area contributed by atoms with E-state index in [4.69, 9.17) is 4.74 Å². The molecule has 2 aliphatic rings. The summed E-state index contributed by atoms with van der Waals surface area (Å²) in [5.41, 5.74) is 1.17. The van der Waals surface area contributed by atoms with Crippen LogP contribution < -0.4 is 10.2 Å². The number of rotatable bonds is 4. The highest BCUT2D eigenvalue weighted by molar-refractivity contribution is 5.82. The summed E-state index contributed by atoms with van der Waals surface area (Å²) >= 11 is 0. The summed E-state index contributed by atoms with van der Waals surface area (Å²) < 4.78 is 5.93. The second kappa shape index (κ2) is 7.29. The lowest BCUT2D eigenvalue weighted by Crippen LogP contribution is -2.48. The zero-order valence-corrected chi connectivity index (χ0v) is 14.8. The summed E-state index contributed by atoms with van der Waals surface area (Å²) in [6.45, 7) is 2.56. The second-order valence-corrected chi connectivity index (χ2v) is 6.74. The number of nitrogens with zero attached hydrogens (tertiary/aromatic N) is 4. The van der Waals surface area contributed by atoms with Gasteiger partial charge in [-0.1, -0.05) is 30.3 Å². The lowest BCUT2D eigenvalue weighted by molar-refractivity contribution is -0.129. The molecule has 2 aliphatic heterocycles. The molecule has 1 N–H and O–H groups in total. The molecule has 0 bridgehead atoms. The molecule has 2 saturated heterocycles. The Bertz CT molecular complexity index is 770. The Morgan fingerprint density at radius 3 is 2.85 bits per heavy atom. The van der Waals surface area contributed by atoms with Gasteiger partial charge in [-0.15, -0.1) is 0 Å². The van der Waals surface area contributed by atoms with Gasteiger partial charge in [0.05, 0.1) is 12.6 Å². The minimum absolute atomic E-state index is 0.0137. The second-order valence-electron chi connectivity index (χ2n) is 6.74. The van der Waals surface area contributed by atoms with E-state index in [9.17, 15) is 4.79 Å². The molecule has 0 aliphatic carbocycles. The summed E-state index contributed by atoms with van der Waals surface area (Å²) in [6.07, 6.45) is 2.49. The number of aromatic nitrogens is 2. The van der Waals surface area contributed by atoms with E-state index in [1.165, 1.54) is 5.56 Å². The topological polar surface area (TPSA) is 70.6 Å². The van der Waals surface area contributed by atoms with E-state index in [0.717, 1.165) is 31.2 Å².